The number of carboxylic acid groups (broad SMARTS) is 2. The number of halogens is 3. The van der Waals surface area contributed by atoms with Gasteiger partial charge in [-0.15, -0.1) is 10.1 Å². The summed E-state index contributed by atoms with van der Waals surface area (Å²) in [7, 11) is 0. The molecular formula is C19H26F3N3O9. The van der Waals surface area contributed by atoms with Crippen LogP contribution in [0.15, 0.2) is 12.5 Å². The Morgan fingerprint density at radius 1 is 1.06 bits per heavy atom. The van der Waals surface area contributed by atoms with Gasteiger partial charge in [-0.3, -0.25) is 14.4 Å². The third kappa shape index (κ3) is 16.2. The Bertz CT molecular complexity index is 799. The zero-order chi connectivity index (χ0) is 26.1. The number of hydrogen-bond donors (Lipinski definition) is 3. The van der Waals surface area contributed by atoms with E-state index in [-0.39, 0.29) is 43.9 Å². The highest BCUT2D eigenvalue weighted by molar-refractivity contribution is 5.84. The number of carbonyl (C=O) groups is 4. The number of aromatic nitrogens is 2. The van der Waals surface area contributed by atoms with Crippen molar-refractivity contribution in [3.63, 3.8) is 0 Å². The molecule has 0 saturated carbocycles. The number of carbonyl (C=O) groups excluding carboxylic acids is 2. The topological polar surface area (TPSA) is 190 Å². The first-order valence-electron chi connectivity index (χ1n) is 10.1. The van der Waals surface area contributed by atoms with Crippen LogP contribution in [0.5, 0.6) is 0 Å². The SMILES string of the molecule is O=C(CCCCCO[N+](=O)[O-])CCCC(=O)CC(Cc1cnc[nH]1)C(=O)O.O=C(O)C(F)(F)F. The molecule has 0 radical (unpaired) electrons. The van der Waals surface area contributed by atoms with Crippen LogP contribution in [0, 0.1) is 16.0 Å². The first kappa shape index (κ1) is 30.5. The molecule has 12 nitrogen and oxygen atoms in total. The van der Waals surface area contributed by atoms with Gasteiger partial charge in [0.05, 0.1) is 18.9 Å². The number of nitrogens with one attached hydrogen (secondary N) is 1. The van der Waals surface area contributed by atoms with Gasteiger partial charge in [0.25, 0.3) is 5.09 Å². The molecule has 1 rings (SSSR count). The van der Waals surface area contributed by atoms with E-state index in [4.69, 9.17) is 9.90 Å². The van der Waals surface area contributed by atoms with E-state index in [0.717, 1.165) is 0 Å². The highest BCUT2D eigenvalue weighted by Gasteiger charge is 2.38. The lowest BCUT2D eigenvalue weighted by molar-refractivity contribution is -0.757. The number of H-pyrrole nitrogens is 1. The van der Waals surface area contributed by atoms with Crippen LogP contribution in [-0.4, -0.2) is 61.6 Å². The second kappa shape index (κ2) is 16.1. The van der Waals surface area contributed by atoms with E-state index in [1.54, 1.807) is 0 Å². The number of Topliss-reactive ketones (excluding diaryl/α,β-unsaturated/α-hetero) is 2. The Morgan fingerprint density at radius 3 is 2.15 bits per heavy atom. The molecule has 15 heteroatoms. The number of ketones is 2. The molecule has 0 spiro atoms. The molecule has 1 unspecified atom stereocenters. The molecule has 1 aromatic heterocycles. The lowest BCUT2D eigenvalue weighted by Gasteiger charge is -2.10. The maximum absolute atomic E-state index is 12.0. The summed E-state index contributed by atoms with van der Waals surface area (Å²) < 4.78 is 31.7. The molecule has 34 heavy (non-hydrogen) atoms. The van der Waals surface area contributed by atoms with E-state index in [0.29, 0.717) is 37.8 Å². The number of rotatable bonds is 16. The Morgan fingerprint density at radius 2 is 1.65 bits per heavy atom. The van der Waals surface area contributed by atoms with Gasteiger partial charge < -0.3 is 20.0 Å². The zero-order valence-corrected chi connectivity index (χ0v) is 18.1. The predicted molar refractivity (Wildman–Crippen MR) is 107 cm³/mol. The molecule has 1 heterocycles. The third-order valence-corrected chi connectivity index (χ3v) is 4.29. The number of unbranched alkanes of at least 4 members (excludes halogenated alkanes) is 2. The standard InChI is InChI=1S/C17H25N3O7.C2HF3O2/c21-15(5-2-1-3-8-27-20(25)26)6-4-7-16(22)10-13(17(23)24)9-14-11-18-12-19-14;3-2(4,5)1(6)7/h11-13H,1-10H2,(H,18,19)(H,23,24);(H,6,7). The minimum absolute atomic E-state index is 0.0268. The van der Waals surface area contributed by atoms with Crippen LogP contribution in [-0.2, 0) is 30.4 Å². The van der Waals surface area contributed by atoms with E-state index >= 15 is 0 Å². The number of carboxylic acids is 2. The molecule has 0 fully saturated rings. The maximum atomic E-state index is 12.0. The van der Waals surface area contributed by atoms with E-state index in [1.165, 1.54) is 12.5 Å². The van der Waals surface area contributed by atoms with E-state index in [1.807, 2.05) is 0 Å². The second-order valence-corrected chi connectivity index (χ2v) is 7.12. The summed E-state index contributed by atoms with van der Waals surface area (Å²) in [5.41, 5.74) is 0.661. The van der Waals surface area contributed by atoms with Crippen LogP contribution >= 0.6 is 0 Å². The number of alkyl halides is 3. The minimum atomic E-state index is -5.08. The van der Waals surface area contributed by atoms with Crippen LogP contribution in [0.3, 0.4) is 0 Å². The summed E-state index contributed by atoms with van der Waals surface area (Å²) in [5, 5.41) is 25.5. The van der Waals surface area contributed by atoms with Crippen LogP contribution in [0.25, 0.3) is 0 Å². The van der Waals surface area contributed by atoms with Crippen LogP contribution in [0.4, 0.5) is 13.2 Å². The molecule has 0 aliphatic rings. The Hall–Kier alpha value is -3.52. The Labute approximate surface area is 191 Å². The van der Waals surface area contributed by atoms with Crippen molar-refractivity contribution in [1.82, 2.24) is 9.97 Å². The average molecular weight is 497 g/mol. The molecule has 1 atom stereocenters. The Kier molecular flexibility index (Phi) is 14.5. The fraction of sp³-hybridized carbons (Fsp3) is 0.632. The molecule has 0 amide bonds. The van der Waals surface area contributed by atoms with Crippen molar-refractivity contribution >= 4 is 23.5 Å². The van der Waals surface area contributed by atoms with Gasteiger partial charge in [0, 0.05) is 44.0 Å². The van der Waals surface area contributed by atoms with Gasteiger partial charge in [-0.25, -0.2) is 9.78 Å². The average Bonchev–Trinajstić information content (AvgIpc) is 3.22. The van der Waals surface area contributed by atoms with Crippen LogP contribution in [0.1, 0.15) is 57.1 Å². The van der Waals surface area contributed by atoms with Gasteiger partial charge in [-0.2, -0.15) is 13.2 Å². The molecule has 0 aromatic carbocycles. The van der Waals surface area contributed by atoms with Crippen LogP contribution < -0.4 is 0 Å². The smallest absolute Gasteiger partial charge is 0.481 e. The van der Waals surface area contributed by atoms with Gasteiger partial charge in [-0.1, -0.05) is 6.42 Å². The second-order valence-electron chi connectivity index (χ2n) is 7.12. The lowest BCUT2D eigenvalue weighted by atomic mass is 9.95. The number of hydrogen-bond acceptors (Lipinski definition) is 8. The van der Waals surface area contributed by atoms with Gasteiger partial charge >= 0.3 is 18.1 Å². The monoisotopic (exact) mass is 497 g/mol. The molecule has 0 aliphatic carbocycles. The molecule has 1 aromatic rings. The molecule has 192 valence electrons. The summed E-state index contributed by atoms with van der Waals surface area (Å²) in [6.45, 7) is 0.0268. The summed E-state index contributed by atoms with van der Waals surface area (Å²) in [5.74, 6) is -4.74. The maximum Gasteiger partial charge on any atom is 0.490 e. The number of aromatic amines is 1. The zero-order valence-electron chi connectivity index (χ0n) is 18.1. The summed E-state index contributed by atoms with van der Waals surface area (Å²) in [6, 6.07) is 0. The normalized spacial score (nSPS) is 11.6. The molecule has 0 aliphatic heterocycles. The Balaban J connectivity index is 0.00000135. The summed E-state index contributed by atoms with van der Waals surface area (Å²) in [4.78, 5) is 64.7. The van der Waals surface area contributed by atoms with Gasteiger partial charge in [-0.05, 0) is 19.3 Å². The first-order valence-corrected chi connectivity index (χ1v) is 10.1. The van der Waals surface area contributed by atoms with Crippen molar-refractivity contribution in [3.05, 3.63) is 28.3 Å². The highest BCUT2D eigenvalue weighted by Crippen LogP contribution is 2.15. The number of imidazole rings is 1. The molecular weight excluding hydrogens is 471 g/mol. The van der Waals surface area contributed by atoms with Gasteiger partial charge in [0.15, 0.2) is 0 Å². The molecule has 3 N–H and O–H groups in total. The molecule has 0 bridgehead atoms. The predicted octanol–water partition coefficient (Wildman–Crippen LogP) is 2.75. The number of aliphatic carboxylic acids is 2. The largest absolute Gasteiger partial charge is 0.490 e. The summed E-state index contributed by atoms with van der Waals surface area (Å²) in [6.07, 6.45) is 1.05. The lowest BCUT2D eigenvalue weighted by Crippen LogP contribution is -2.21. The van der Waals surface area contributed by atoms with Crippen molar-refractivity contribution in [2.75, 3.05) is 6.61 Å². The van der Waals surface area contributed by atoms with E-state index in [9.17, 15) is 42.8 Å². The fourth-order valence-electron chi connectivity index (χ4n) is 2.63. The quantitative estimate of drug-likeness (QED) is 0.174. The van der Waals surface area contributed by atoms with Gasteiger partial charge in [0.2, 0.25) is 0 Å². The minimum Gasteiger partial charge on any atom is -0.481 e. The van der Waals surface area contributed by atoms with Crippen molar-refractivity contribution < 1.29 is 52.5 Å². The van der Waals surface area contributed by atoms with Crippen molar-refractivity contribution in [2.24, 2.45) is 5.92 Å². The fourth-order valence-corrected chi connectivity index (χ4v) is 2.63. The molecule has 0 saturated heterocycles. The van der Waals surface area contributed by atoms with Crippen LogP contribution in [0.2, 0.25) is 0 Å². The van der Waals surface area contributed by atoms with E-state index in [2.05, 4.69) is 14.8 Å². The third-order valence-electron chi connectivity index (χ3n) is 4.29. The van der Waals surface area contributed by atoms with Gasteiger partial charge in [0.1, 0.15) is 11.6 Å². The van der Waals surface area contributed by atoms with Crippen molar-refractivity contribution in [1.29, 1.82) is 0 Å². The highest BCUT2D eigenvalue weighted by atomic mass is 19.4. The van der Waals surface area contributed by atoms with E-state index < -0.39 is 29.1 Å². The number of nitrogens with zero attached hydrogens (tertiary/aromatic N) is 2. The van der Waals surface area contributed by atoms with Crippen molar-refractivity contribution in [3.8, 4) is 0 Å². The van der Waals surface area contributed by atoms with Crippen molar-refractivity contribution in [2.45, 2.75) is 64.0 Å². The summed E-state index contributed by atoms with van der Waals surface area (Å²) >= 11 is 0. The first-order chi connectivity index (χ1) is 15.8.